The van der Waals surface area contributed by atoms with Gasteiger partial charge in [-0.1, -0.05) is 32.6 Å². The quantitative estimate of drug-likeness (QED) is 0.539. The Balaban J connectivity index is 2.19. The molecular formula is C13H20N2O2. The molecule has 0 N–H and O–H groups in total. The molecule has 17 heavy (non-hydrogen) atoms. The maximum absolute atomic E-state index is 11.5. The lowest BCUT2D eigenvalue weighted by Gasteiger charge is -2.03. The first kappa shape index (κ1) is 13.6. The fraction of sp³-hybridized carbons (Fsp3) is 0.615. The molecule has 4 heteroatoms. The smallest absolute Gasteiger partial charge is 0.358 e. The topological polar surface area (TPSA) is 52.1 Å². The van der Waals surface area contributed by atoms with Gasteiger partial charge in [0.05, 0.1) is 18.5 Å². The standard InChI is InChI=1S/C13H20N2O2/c1-3-4-5-6-7-8-17-13(16)12-10-14-11(2)9-15-12/h9-10H,3-8H2,1-2H3. The van der Waals surface area contributed by atoms with Gasteiger partial charge in [-0.15, -0.1) is 0 Å². The van der Waals surface area contributed by atoms with Crippen molar-refractivity contribution in [3.63, 3.8) is 0 Å². The first-order valence-electron chi connectivity index (χ1n) is 6.19. The largest absolute Gasteiger partial charge is 0.461 e. The molecule has 0 bridgehead atoms. The zero-order valence-corrected chi connectivity index (χ0v) is 10.6. The molecule has 4 nitrogen and oxygen atoms in total. The van der Waals surface area contributed by atoms with Gasteiger partial charge in [-0.3, -0.25) is 4.98 Å². The highest BCUT2D eigenvalue weighted by atomic mass is 16.5. The van der Waals surface area contributed by atoms with E-state index < -0.39 is 0 Å². The summed E-state index contributed by atoms with van der Waals surface area (Å²) in [4.78, 5) is 19.5. The van der Waals surface area contributed by atoms with Crippen LogP contribution in [0.4, 0.5) is 0 Å². The van der Waals surface area contributed by atoms with Crippen LogP contribution in [0.25, 0.3) is 0 Å². The van der Waals surface area contributed by atoms with Crippen molar-refractivity contribution >= 4 is 5.97 Å². The van der Waals surface area contributed by atoms with Crippen LogP contribution in [-0.4, -0.2) is 22.5 Å². The molecule has 0 aliphatic carbocycles. The van der Waals surface area contributed by atoms with Crippen molar-refractivity contribution in [3.8, 4) is 0 Å². The Morgan fingerprint density at radius 3 is 2.59 bits per heavy atom. The summed E-state index contributed by atoms with van der Waals surface area (Å²) in [6, 6.07) is 0. The van der Waals surface area contributed by atoms with Crippen molar-refractivity contribution in [1.29, 1.82) is 0 Å². The van der Waals surface area contributed by atoms with E-state index in [4.69, 9.17) is 4.74 Å². The number of aryl methyl sites for hydroxylation is 1. The van der Waals surface area contributed by atoms with E-state index in [0.29, 0.717) is 6.61 Å². The van der Waals surface area contributed by atoms with E-state index in [1.807, 2.05) is 6.92 Å². The molecule has 1 aromatic heterocycles. The Morgan fingerprint density at radius 2 is 1.94 bits per heavy atom. The molecule has 94 valence electrons. The lowest BCUT2D eigenvalue weighted by Crippen LogP contribution is -2.09. The van der Waals surface area contributed by atoms with Gasteiger partial charge in [0.25, 0.3) is 0 Å². The molecule has 1 rings (SSSR count). The zero-order chi connectivity index (χ0) is 12.5. The Hall–Kier alpha value is -1.45. The van der Waals surface area contributed by atoms with Crippen LogP contribution >= 0.6 is 0 Å². The van der Waals surface area contributed by atoms with E-state index in [1.165, 1.54) is 25.5 Å². The molecule has 0 unspecified atom stereocenters. The summed E-state index contributed by atoms with van der Waals surface area (Å²) in [5.41, 5.74) is 1.07. The second kappa shape index (κ2) is 7.76. The third kappa shape index (κ3) is 5.43. The van der Waals surface area contributed by atoms with Crippen LogP contribution in [0.3, 0.4) is 0 Å². The number of carbonyl (C=O) groups excluding carboxylic acids is 1. The van der Waals surface area contributed by atoms with Gasteiger partial charge in [0, 0.05) is 6.20 Å². The van der Waals surface area contributed by atoms with E-state index in [0.717, 1.165) is 18.5 Å². The van der Waals surface area contributed by atoms with Crippen LogP contribution in [0, 0.1) is 6.92 Å². The summed E-state index contributed by atoms with van der Waals surface area (Å²) in [5, 5.41) is 0. The number of unbranched alkanes of at least 4 members (excludes halogenated alkanes) is 4. The highest BCUT2D eigenvalue weighted by molar-refractivity contribution is 5.86. The van der Waals surface area contributed by atoms with Gasteiger partial charge < -0.3 is 4.74 Å². The van der Waals surface area contributed by atoms with Crippen LogP contribution in [0.5, 0.6) is 0 Å². The summed E-state index contributed by atoms with van der Waals surface area (Å²) in [7, 11) is 0. The SMILES string of the molecule is CCCCCCCOC(=O)c1cnc(C)cn1. The van der Waals surface area contributed by atoms with Gasteiger partial charge in [0.2, 0.25) is 0 Å². The third-order valence-electron chi connectivity index (χ3n) is 2.47. The first-order valence-corrected chi connectivity index (χ1v) is 6.19. The molecule has 1 aromatic rings. The number of aromatic nitrogens is 2. The molecule has 0 saturated heterocycles. The molecule has 0 atom stereocenters. The summed E-state index contributed by atoms with van der Waals surface area (Å²) in [5.74, 6) is -0.381. The van der Waals surface area contributed by atoms with Gasteiger partial charge in [-0.05, 0) is 13.3 Å². The maximum atomic E-state index is 11.5. The Labute approximate surface area is 102 Å². The van der Waals surface area contributed by atoms with Crippen molar-refractivity contribution in [3.05, 3.63) is 23.8 Å². The predicted molar refractivity (Wildman–Crippen MR) is 65.8 cm³/mol. The number of carbonyl (C=O) groups is 1. The summed E-state index contributed by atoms with van der Waals surface area (Å²) in [6.07, 6.45) is 8.73. The summed E-state index contributed by atoms with van der Waals surface area (Å²) >= 11 is 0. The molecular weight excluding hydrogens is 216 g/mol. The number of nitrogens with zero attached hydrogens (tertiary/aromatic N) is 2. The van der Waals surface area contributed by atoms with Crippen LogP contribution < -0.4 is 0 Å². The highest BCUT2D eigenvalue weighted by Gasteiger charge is 2.08. The molecule has 0 spiro atoms. The molecule has 0 aromatic carbocycles. The lowest BCUT2D eigenvalue weighted by molar-refractivity contribution is 0.0490. The summed E-state index contributed by atoms with van der Waals surface area (Å²) in [6.45, 7) is 4.48. The fourth-order valence-electron chi connectivity index (χ4n) is 1.44. The number of hydrogen-bond acceptors (Lipinski definition) is 4. The number of rotatable bonds is 7. The fourth-order valence-corrected chi connectivity index (χ4v) is 1.44. The van der Waals surface area contributed by atoms with Gasteiger partial charge in [-0.2, -0.15) is 0 Å². The first-order chi connectivity index (χ1) is 8.24. The number of esters is 1. The maximum Gasteiger partial charge on any atom is 0.358 e. The Kier molecular flexibility index (Phi) is 6.22. The number of hydrogen-bond donors (Lipinski definition) is 0. The molecule has 0 aliphatic rings. The van der Waals surface area contributed by atoms with E-state index in [1.54, 1.807) is 6.20 Å². The Morgan fingerprint density at radius 1 is 1.18 bits per heavy atom. The lowest BCUT2D eigenvalue weighted by atomic mass is 10.2. The molecule has 0 amide bonds. The third-order valence-corrected chi connectivity index (χ3v) is 2.47. The molecule has 0 aliphatic heterocycles. The average molecular weight is 236 g/mol. The van der Waals surface area contributed by atoms with Crippen molar-refractivity contribution in [1.82, 2.24) is 9.97 Å². The van der Waals surface area contributed by atoms with Gasteiger partial charge in [0.15, 0.2) is 5.69 Å². The average Bonchev–Trinajstić information content (AvgIpc) is 2.34. The van der Waals surface area contributed by atoms with Crippen molar-refractivity contribution in [2.45, 2.75) is 46.0 Å². The van der Waals surface area contributed by atoms with E-state index >= 15 is 0 Å². The van der Waals surface area contributed by atoms with Gasteiger partial charge in [0.1, 0.15) is 0 Å². The molecule has 1 heterocycles. The van der Waals surface area contributed by atoms with E-state index in [9.17, 15) is 4.79 Å². The minimum atomic E-state index is -0.381. The van der Waals surface area contributed by atoms with Crippen LogP contribution in [-0.2, 0) is 4.74 Å². The molecule has 0 fully saturated rings. The Bertz CT molecular complexity index is 336. The summed E-state index contributed by atoms with van der Waals surface area (Å²) < 4.78 is 5.11. The zero-order valence-electron chi connectivity index (χ0n) is 10.6. The number of ether oxygens (including phenoxy) is 1. The van der Waals surface area contributed by atoms with Gasteiger partial charge >= 0.3 is 5.97 Å². The van der Waals surface area contributed by atoms with Crippen molar-refractivity contribution in [2.75, 3.05) is 6.61 Å². The van der Waals surface area contributed by atoms with E-state index in [-0.39, 0.29) is 11.7 Å². The van der Waals surface area contributed by atoms with Crippen LogP contribution in [0.2, 0.25) is 0 Å². The van der Waals surface area contributed by atoms with Crippen molar-refractivity contribution in [2.24, 2.45) is 0 Å². The second-order valence-corrected chi connectivity index (χ2v) is 4.09. The van der Waals surface area contributed by atoms with E-state index in [2.05, 4.69) is 16.9 Å². The van der Waals surface area contributed by atoms with Crippen LogP contribution in [0.1, 0.15) is 55.2 Å². The predicted octanol–water partition coefficient (Wildman–Crippen LogP) is 2.91. The van der Waals surface area contributed by atoms with Gasteiger partial charge in [-0.25, -0.2) is 9.78 Å². The normalized spacial score (nSPS) is 10.2. The molecule has 0 saturated carbocycles. The van der Waals surface area contributed by atoms with Crippen molar-refractivity contribution < 1.29 is 9.53 Å². The minimum absolute atomic E-state index is 0.282. The highest BCUT2D eigenvalue weighted by Crippen LogP contribution is 2.03. The molecule has 0 radical (unpaired) electrons. The monoisotopic (exact) mass is 236 g/mol. The van der Waals surface area contributed by atoms with Crippen LogP contribution in [0.15, 0.2) is 12.4 Å². The second-order valence-electron chi connectivity index (χ2n) is 4.09. The minimum Gasteiger partial charge on any atom is -0.461 e.